The normalized spacial score (nSPS) is 22.1. The van der Waals surface area contributed by atoms with Crippen molar-refractivity contribution in [1.82, 2.24) is 10.3 Å². The molecular weight excluding hydrogens is 415 g/mol. The maximum absolute atomic E-state index is 13.2. The highest BCUT2D eigenvalue weighted by atomic mass is 32.1. The summed E-state index contributed by atoms with van der Waals surface area (Å²) in [6, 6.07) is 4.89. The molecule has 1 atom stereocenters. The molecule has 0 bridgehead atoms. The number of thiazole rings is 1. The minimum atomic E-state index is -4.49. The summed E-state index contributed by atoms with van der Waals surface area (Å²) in [7, 11) is 0. The molecule has 5 nitrogen and oxygen atoms in total. The number of nitrogens with zero attached hydrogens (tertiary/aromatic N) is 1. The van der Waals surface area contributed by atoms with E-state index in [4.69, 9.17) is 5.73 Å². The number of ketones is 1. The molecule has 1 aliphatic carbocycles. The molecule has 9 heteroatoms. The second-order valence-corrected chi connectivity index (χ2v) is 8.84. The molecule has 1 amide bonds. The van der Waals surface area contributed by atoms with Crippen molar-refractivity contribution >= 4 is 23.0 Å². The van der Waals surface area contributed by atoms with E-state index in [0.717, 1.165) is 42.8 Å². The van der Waals surface area contributed by atoms with Gasteiger partial charge in [0.1, 0.15) is 11.2 Å². The molecule has 1 aromatic carbocycles. The van der Waals surface area contributed by atoms with Gasteiger partial charge in [-0.05, 0) is 56.3 Å². The highest BCUT2D eigenvalue weighted by Gasteiger charge is 2.42. The molecule has 1 saturated carbocycles. The van der Waals surface area contributed by atoms with Crippen molar-refractivity contribution in [3.05, 3.63) is 47.0 Å². The number of piperidine rings is 1. The molecule has 3 N–H and O–H groups in total. The number of aromatic nitrogens is 1. The van der Waals surface area contributed by atoms with Gasteiger partial charge >= 0.3 is 6.18 Å². The van der Waals surface area contributed by atoms with Crippen LogP contribution in [-0.4, -0.2) is 28.8 Å². The molecular formula is C21H21F3N3O2S. The molecule has 0 spiro atoms. The first-order valence-corrected chi connectivity index (χ1v) is 10.6. The Morgan fingerprint density at radius 3 is 2.63 bits per heavy atom. The highest BCUT2D eigenvalue weighted by Crippen LogP contribution is 2.45. The number of hydrogen-bond donors (Lipinski definition) is 2. The van der Waals surface area contributed by atoms with Crippen LogP contribution in [0.2, 0.25) is 0 Å². The molecule has 159 valence electrons. The molecule has 1 aliphatic heterocycles. The second-order valence-electron chi connectivity index (χ2n) is 7.81. The van der Waals surface area contributed by atoms with Crippen LogP contribution in [0.1, 0.15) is 59.1 Å². The van der Waals surface area contributed by atoms with E-state index < -0.39 is 29.0 Å². The number of nitrogens with one attached hydrogen (secondary N) is 1. The first-order chi connectivity index (χ1) is 14.2. The topological polar surface area (TPSA) is 85.1 Å². The van der Waals surface area contributed by atoms with Gasteiger partial charge in [0.2, 0.25) is 5.91 Å². The SMILES string of the molecule is NC(=O)C1([CH]C(=O)c2nc(C3CC3)sc2-c2cccc(C(F)(F)F)c2)CCCCN1. The lowest BCUT2D eigenvalue weighted by Crippen LogP contribution is -2.59. The number of rotatable bonds is 6. The van der Waals surface area contributed by atoms with Gasteiger partial charge in [-0.25, -0.2) is 4.98 Å². The van der Waals surface area contributed by atoms with Gasteiger partial charge in [0.25, 0.3) is 0 Å². The van der Waals surface area contributed by atoms with Crippen molar-refractivity contribution in [1.29, 1.82) is 0 Å². The lowest BCUT2D eigenvalue weighted by atomic mass is 9.83. The average molecular weight is 436 g/mol. The van der Waals surface area contributed by atoms with Gasteiger partial charge in [-0.1, -0.05) is 12.1 Å². The summed E-state index contributed by atoms with van der Waals surface area (Å²) in [6.45, 7) is 0.553. The summed E-state index contributed by atoms with van der Waals surface area (Å²) in [4.78, 5) is 30.1. The monoisotopic (exact) mass is 436 g/mol. The maximum Gasteiger partial charge on any atom is 0.416 e. The number of halogens is 3. The summed E-state index contributed by atoms with van der Waals surface area (Å²) in [6.07, 6.45) is 0.668. The molecule has 2 aliphatic rings. The number of primary amides is 1. The van der Waals surface area contributed by atoms with Crippen molar-refractivity contribution in [3.8, 4) is 10.4 Å². The van der Waals surface area contributed by atoms with Crippen LogP contribution in [0.4, 0.5) is 13.2 Å². The zero-order valence-corrected chi connectivity index (χ0v) is 16.9. The minimum Gasteiger partial charge on any atom is -0.368 e. The number of nitrogens with two attached hydrogens (primary N) is 1. The number of Topliss-reactive ketones (excluding diaryl/α,β-unsaturated/α-hetero) is 1. The lowest BCUT2D eigenvalue weighted by Gasteiger charge is -2.34. The van der Waals surface area contributed by atoms with Crippen molar-refractivity contribution < 1.29 is 22.8 Å². The summed E-state index contributed by atoms with van der Waals surface area (Å²) in [5.41, 5.74) is 3.90. The standard InChI is InChI=1S/C21H21F3N3O2S/c22-21(23,24)14-5-3-4-13(10-14)17-16(27-18(30-17)12-6-7-12)15(28)11-20(19(25)29)8-1-2-9-26-20/h3-5,10-12,26H,1-2,6-9H2,(H2,25,29). The van der Waals surface area contributed by atoms with Crippen LogP contribution in [0.3, 0.4) is 0 Å². The van der Waals surface area contributed by atoms with E-state index in [1.54, 1.807) is 6.07 Å². The molecule has 1 aromatic heterocycles. The van der Waals surface area contributed by atoms with E-state index in [0.29, 0.717) is 17.8 Å². The zero-order valence-electron chi connectivity index (χ0n) is 16.1. The number of benzene rings is 1. The highest BCUT2D eigenvalue weighted by molar-refractivity contribution is 7.15. The molecule has 2 fully saturated rings. The summed E-state index contributed by atoms with van der Waals surface area (Å²) in [5, 5.41) is 3.78. The van der Waals surface area contributed by atoms with Crippen LogP contribution in [0.15, 0.2) is 24.3 Å². The number of alkyl halides is 3. The fourth-order valence-corrected chi connectivity index (χ4v) is 4.90. The largest absolute Gasteiger partial charge is 0.416 e. The predicted molar refractivity (Wildman–Crippen MR) is 107 cm³/mol. The minimum absolute atomic E-state index is 0.0780. The van der Waals surface area contributed by atoms with Crippen molar-refractivity contribution in [3.63, 3.8) is 0 Å². The molecule has 2 heterocycles. The molecule has 2 aromatic rings. The number of carbonyl (C=O) groups is 2. The van der Waals surface area contributed by atoms with E-state index in [2.05, 4.69) is 10.3 Å². The number of carbonyl (C=O) groups excluding carboxylic acids is 2. The third-order valence-electron chi connectivity index (χ3n) is 5.51. The summed E-state index contributed by atoms with van der Waals surface area (Å²) in [5.74, 6) is -0.911. The van der Waals surface area contributed by atoms with Gasteiger partial charge in [0.15, 0.2) is 5.78 Å². The Balaban J connectivity index is 1.71. The van der Waals surface area contributed by atoms with E-state index >= 15 is 0 Å². The number of hydrogen-bond acceptors (Lipinski definition) is 5. The van der Waals surface area contributed by atoms with Crippen molar-refractivity contribution in [2.24, 2.45) is 5.73 Å². The second kappa shape index (κ2) is 7.77. The van der Waals surface area contributed by atoms with Gasteiger partial charge in [0.05, 0.1) is 21.9 Å². The first-order valence-electron chi connectivity index (χ1n) is 9.83. The van der Waals surface area contributed by atoms with Crippen LogP contribution in [0.5, 0.6) is 0 Å². The van der Waals surface area contributed by atoms with Gasteiger partial charge in [-0.3, -0.25) is 9.59 Å². The first kappa shape index (κ1) is 21.0. The van der Waals surface area contributed by atoms with Crippen molar-refractivity contribution in [2.45, 2.75) is 49.7 Å². The van der Waals surface area contributed by atoms with Crippen molar-refractivity contribution in [2.75, 3.05) is 6.54 Å². The molecule has 1 saturated heterocycles. The van der Waals surface area contributed by atoms with Gasteiger partial charge in [0, 0.05) is 5.92 Å². The van der Waals surface area contributed by atoms with Crippen LogP contribution in [0, 0.1) is 6.42 Å². The molecule has 30 heavy (non-hydrogen) atoms. The average Bonchev–Trinajstić information content (AvgIpc) is 3.46. The van der Waals surface area contributed by atoms with Crippen LogP contribution >= 0.6 is 11.3 Å². The van der Waals surface area contributed by atoms with Crippen LogP contribution < -0.4 is 11.1 Å². The third kappa shape index (κ3) is 4.13. The van der Waals surface area contributed by atoms with E-state index in [-0.39, 0.29) is 17.2 Å². The predicted octanol–water partition coefficient (Wildman–Crippen LogP) is 4.09. The lowest BCUT2D eigenvalue weighted by molar-refractivity contribution is -0.137. The Kier molecular flexibility index (Phi) is 5.44. The van der Waals surface area contributed by atoms with E-state index in [1.807, 2.05) is 0 Å². The van der Waals surface area contributed by atoms with Crippen LogP contribution in [-0.2, 0) is 11.0 Å². The van der Waals surface area contributed by atoms with Gasteiger partial charge in [-0.15, -0.1) is 11.3 Å². The molecule has 1 radical (unpaired) electrons. The third-order valence-corrected chi connectivity index (χ3v) is 6.78. The number of amides is 1. The molecule has 1 unspecified atom stereocenters. The smallest absolute Gasteiger partial charge is 0.368 e. The maximum atomic E-state index is 13.2. The fourth-order valence-electron chi connectivity index (χ4n) is 3.67. The summed E-state index contributed by atoms with van der Waals surface area (Å²) < 4.78 is 39.6. The Hall–Kier alpha value is -2.26. The zero-order chi connectivity index (χ0) is 21.5. The van der Waals surface area contributed by atoms with E-state index in [1.165, 1.54) is 23.8 Å². The Labute approximate surface area is 175 Å². The quantitative estimate of drug-likeness (QED) is 0.668. The Morgan fingerprint density at radius 1 is 1.27 bits per heavy atom. The van der Waals surface area contributed by atoms with E-state index in [9.17, 15) is 22.8 Å². The van der Waals surface area contributed by atoms with Gasteiger partial charge in [-0.2, -0.15) is 13.2 Å². The molecule has 4 rings (SSSR count). The summed E-state index contributed by atoms with van der Waals surface area (Å²) >= 11 is 1.24. The Bertz CT molecular complexity index is 976. The van der Waals surface area contributed by atoms with Gasteiger partial charge < -0.3 is 11.1 Å². The fraction of sp³-hybridized carbons (Fsp3) is 0.429. The van der Waals surface area contributed by atoms with Crippen LogP contribution in [0.25, 0.3) is 10.4 Å². The Morgan fingerprint density at radius 2 is 2.03 bits per heavy atom.